The van der Waals surface area contributed by atoms with E-state index in [1.54, 1.807) is 15.8 Å². The van der Waals surface area contributed by atoms with E-state index in [-0.39, 0.29) is 30.2 Å². The molecule has 3 amide bonds. The standard InChI is InChI=1S/C14H18N4O3/c1-2-5-17-8-9(7-15-17)14(21)18(10-3-4-10)11-6-12(19)16-13(11)20/h7-8,10-11H,2-6H2,1H3,(H,16,19,20)/t11-/m0/s1. The number of nitrogens with one attached hydrogen (secondary N) is 1. The average Bonchev–Trinajstić information content (AvgIpc) is 3.06. The molecule has 2 heterocycles. The zero-order valence-electron chi connectivity index (χ0n) is 11.9. The molecule has 2 aliphatic rings. The summed E-state index contributed by atoms with van der Waals surface area (Å²) >= 11 is 0. The second kappa shape index (κ2) is 5.31. The monoisotopic (exact) mass is 290 g/mol. The quantitative estimate of drug-likeness (QED) is 0.791. The van der Waals surface area contributed by atoms with Gasteiger partial charge in [-0.3, -0.25) is 24.4 Å². The van der Waals surface area contributed by atoms with Crippen LogP contribution in [-0.2, 0) is 16.1 Å². The normalized spacial score (nSPS) is 21.5. The minimum absolute atomic E-state index is 0.0597. The van der Waals surface area contributed by atoms with Crippen LogP contribution in [0.1, 0.15) is 43.0 Å². The zero-order chi connectivity index (χ0) is 15.0. The van der Waals surface area contributed by atoms with Gasteiger partial charge in [-0.15, -0.1) is 0 Å². The fourth-order valence-electron chi connectivity index (χ4n) is 2.65. The van der Waals surface area contributed by atoms with Crippen LogP contribution in [0, 0.1) is 0 Å². The van der Waals surface area contributed by atoms with Gasteiger partial charge in [-0.1, -0.05) is 6.92 Å². The van der Waals surface area contributed by atoms with Gasteiger partial charge >= 0.3 is 0 Å². The van der Waals surface area contributed by atoms with E-state index in [1.165, 1.54) is 6.20 Å². The largest absolute Gasteiger partial charge is 0.323 e. The molecule has 0 spiro atoms. The van der Waals surface area contributed by atoms with E-state index in [4.69, 9.17) is 0 Å². The Kier molecular flexibility index (Phi) is 3.48. The number of aryl methyl sites for hydroxylation is 1. The first-order valence-corrected chi connectivity index (χ1v) is 7.29. The second-order valence-corrected chi connectivity index (χ2v) is 5.57. The predicted octanol–water partition coefficient (Wildman–Crippen LogP) is 0.313. The Bertz CT molecular complexity index is 591. The molecule has 3 rings (SSSR count). The lowest BCUT2D eigenvalue weighted by Crippen LogP contribution is -2.45. The van der Waals surface area contributed by atoms with Gasteiger partial charge in [0.05, 0.1) is 18.2 Å². The smallest absolute Gasteiger partial charge is 0.257 e. The third-order valence-electron chi connectivity index (χ3n) is 3.79. The van der Waals surface area contributed by atoms with Crippen molar-refractivity contribution in [2.24, 2.45) is 0 Å². The number of hydrogen-bond donors (Lipinski definition) is 1. The van der Waals surface area contributed by atoms with Crippen molar-refractivity contribution in [1.29, 1.82) is 0 Å². The number of rotatable bonds is 5. The molecule has 0 aromatic carbocycles. The van der Waals surface area contributed by atoms with E-state index in [2.05, 4.69) is 10.4 Å². The topological polar surface area (TPSA) is 84.3 Å². The molecule has 21 heavy (non-hydrogen) atoms. The molecule has 0 radical (unpaired) electrons. The van der Waals surface area contributed by atoms with Crippen molar-refractivity contribution >= 4 is 17.7 Å². The van der Waals surface area contributed by atoms with Crippen LogP contribution in [0.5, 0.6) is 0 Å². The fourth-order valence-corrected chi connectivity index (χ4v) is 2.65. The number of nitrogens with zero attached hydrogens (tertiary/aromatic N) is 3. The number of carbonyl (C=O) groups is 3. The Labute approximate surface area is 122 Å². The highest BCUT2D eigenvalue weighted by molar-refractivity contribution is 6.08. The second-order valence-electron chi connectivity index (χ2n) is 5.57. The van der Waals surface area contributed by atoms with Crippen molar-refractivity contribution in [1.82, 2.24) is 20.0 Å². The lowest BCUT2D eigenvalue weighted by Gasteiger charge is -2.26. The lowest BCUT2D eigenvalue weighted by atomic mass is 10.1. The highest BCUT2D eigenvalue weighted by atomic mass is 16.2. The van der Waals surface area contributed by atoms with Crippen molar-refractivity contribution in [3.05, 3.63) is 18.0 Å². The maximum Gasteiger partial charge on any atom is 0.257 e. The molecule has 1 atom stereocenters. The zero-order valence-corrected chi connectivity index (χ0v) is 11.9. The van der Waals surface area contributed by atoms with Gasteiger partial charge in [0.1, 0.15) is 6.04 Å². The van der Waals surface area contributed by atoms with E-state index >= 15 is 0 Å². The number of amides is 3. The average molecular weight is 290 g/mol. The Morgan fingerprint density at radius 2 is 2.24 bits per heavy atom. The van der Waals surface area contributed by atoms with Gasteiger partial charge in [-0.25, -0.2) is 0 Å². The van der Waals surface area contributed by atoms with Gasteiger partial charge in [0, 0.05) is 18.8 Å². The van der Waals surface area contributed by atoms with Gasteiger partial charge in [-0.05, 0) is 19.3 Å². The molecule has 1 N–H and O–H groups in total. The van der Waals surface area contributed by atoms with E-state index in [9.17, 15) is 14.4 Å². The van der Waals surface area contributed by atoms with Crippen molar-refractivity contribution in [3.8, 4) is 0 Å². The summed E-state index contributed by atoms with van der Waals surface area (Å²) in [5, 5.41) is 6.42. The van der Waals surface area contributed by atoms with Crippen LogP contribution in [0.3, 0.4) is 0 Å². The van der Waals surface area contributed by atoms with Crippen LogP contribution >= 0.6 is 0 Å². The fraction of sp³-hybridized carbons (Fsp3) is 0.571. The Morgan fingerprint density at radius 1 is 1.48 bits per heavy atom. The summed E-state index contributed by atoms with van der Waals surface area (Å²) in [6, 6.07) is -0.610. The molecule has 1 saturated carbocycles. The first kappa shape index (κ1) is 13.8. The molecule has 1 saturated heterocycles. The molecule has 1 aliphatic carbocycles. The van der Waals surface area contributed by atoms with Crippen LogP contribution in [-0.4, -0.2) is 44.5 Å². The lowest BCUT2D eigenvalue weighted by molar-refractivity contribution is -0.126. The molecule has 1 aromatic heterocycles. The van der Waals surface area contributed by atoms with E-state index in [0.29, 0.717) is 5.56 Å². The first-order valence-electron chi connectivity index (χ1n) is 7.29. The van der Waals surface area contributed by atoms with E-state index in [1.807, 2.05) is 6.92 Å². The SMILES string of the molecule is CCCn1cc(C(=O)N(C2CC2)[C@H]2CC(=O)NC2=O)cn1. The molecule has 2 fully saturated rings. The van der Waals surface area contributed by atoms with Gasteiger partial charge in [0.15, 0.2) is 0 Å². The summed E-state index contributed by atoms with van der Waals surface area (Å²) < 4.78 is 1.72. The van der Waals surface area contributed by atoms with Crippen LogP contribution in [0.25, 0.3) is 0 Å². The molecular formula is C14H18N4O3. The molecule has 7 heteroatoms. The maximum atomic E-state index is 12.7. The summed E-state index contributed by atoms with van der Waals surface area (Å²) in [4.78, 5) is 37.5. The Hall–Kier alpha value is -2.18. The Balaban J connectivity index is 1.81. The van der Waals surface area contributed by atoms with Crippen LogP contribution in [0.4, 0.5) is 0 Å². The molecule has 7 nitrogen and oxygen atoms in total. The number of aromatic nitrogens is 2. The summed E-state index contributed by atoms with van der Waals surface area (Å²) in [5.41, 5.74) is 0.475. The molecule has 1 aliphatic heterocycles. The van der Waals surface area contributed by atoms with Gasteiger partial charge < -0.3 is 4.90 Å². The molecule has 0 unspecified atom stereocenters. The first-order chi connectivity index (χ1) is 10.1. The van der Waals surface area contributed by atoms with Crippen LogP contribution in [0.15, 0.2) is 12.4 Å². The Morgan fingerprint density at radius 3 is 2.81 bits per heavy atom. The molecule has 0 bridgehead atoms. The van der Waals surface area contributed by atoms with Crippen LogP contribution < -0.4 is 5.32 Å². The number of hydrogen-bond acceptors (Lipinski definition) is 4. The number of imide groups is 1. The molecule has 112 valence electrons. The van der Waals surface area contributed by atoms with Crippen LogP contribution in [0.2, 0.25) is 0 Å². The minimum Gasteiger partial charge on any atom is -0.323 e. The van der Waals surface area contributed by atoms with Gasteiger partial charge in [-0.2, -0.15) is 5.10 Å². The third kappa shape index (κ3) is 2.68. The molecule has 1 aromatic rings. The van der Waals surface area contributed by atoms with E-state index in [0.717, 1.165) is 25.8 Å². The van der Waals surface area contributed by atoms with Gasteiger partial charge in [0.2, 0.25) is 11.8 Å². The highest BCUT2D eigenvalue weighted by Gasteiger charge is 2.45. The third-order valence-corrected chi connectivity index (χ3v) is 3.79. The summed E-state index contributed by atoms with van der Waals surface area (Å²) in [6.45, 7) is 2.78. The number of carbonyl (C=O) groups excluding carboxylic acids is 3. The summed E-state index contributed by atoms with van der Waals surface area (Å²) in [6.07, 6.45) is 5.99. The summed E-state index contributed by atoms with van der Waals surface area (Å²) in [5.74, 6) is -0.902. The van der Waals surface area contributed by atoms with Crippen molar-refractivity contribution in [3.63, 3.8) is 0 Å². The highest BCUT2D eigenvalue weighted by Crippen LogP contribution is 2.32. The van der Waals surface area contributed by atoms with E-state index < -0.39 is 6.04 Å². The minimum atomic E-state index is -0.674. The van der Waals surface area contributed by atoms with Crippen molar-refractivity contribution in [2.75, 3.05) is 0 Å². The van der Waals surface area contributed by atoms with Crippen molar-refractivity contribution in [2.45, 2.75) is 51.2 Å². The van der Waals surface area contributed by atoms with Crippen molar-refractivity contribution < 1.29 is 14.4 Å². The molecular weight excluding hydrogens is 272 g/mol. The predicted molar refractivity (Wildman–Crippen MR) is 73.3 cm³/mol. The summed E-state index contributed by atoms with van der Waals surface area (Å²) in [7, 11) is 0. The maximum absolute atomic E-state index is 12.7. The van der Waals surface area contributed by atoms with Gasteiger partial charge in [0.25, 0.3) is 5.91 Å².